The van der Waals surface area contributed by atoms with Gasteiger partial charge in [0.05, 0.1) is 6.42 Å². The summed E-state index contributed by atoms with van der Waals surface area (Å²) in [5.41, 5.74) is 0.970. The van der Waals surface area contributed by atoms with Crippen LogP contribution in [-0.4, -0.2) is 21.3 Å². The molecule has 0 bridgehead atoms. The molecule has 0 aliphatic carbocycles. The Labute approximate surface area is 108 Å². The second-order valence-corrected chi connectivity index (χ2v) is 4.33. The van der Waals surface area contributed by atoms with Crippen molar-refractivity contribution >= 4 is 17.6 Å². The molecule has 0 spiro atoms. The first-order chi connectivity index (χ1) is 8.56. The number of hydrogen-bond acceptors (Lipinski definition) is 4. The monoisotopic (exact) mass is 266 g/mol. The average molecular weight is 267 g/mol. The maximum Gasteiger partial charge on any atom is 0.315 e. The molecule has 6 heteroatoms. The highest BCUT2D eigenvalue weighted by molar-refractivity contribution is 6.30. The molecule has 2 rings (SSSR count). The van der Waals surface area contributed by atoms with Crippen molar-refractivity contribution in [1.82, 2.24) is 10.2 Å². The van der Waals surface area contributed by atoms with Gasteiger partial charge < -0.3 is 9.52 Å². The van der Waals surface area contributed by atoms with Crippen molar-refractivity contribution in [1.29, 1.82) is 0 Å². The number of rotatable bonds is 4. The zero-order valence-electron chi connectivity index (χ0n) is 9.63. The largest absolute Gasteiger partial charge is 0.481 e. The van der Waals surface area contributed by atoms with E-state index in [0.29, 0.717) is 17.3 Å². The van der Waals surface area contributed by atoms with Gasteiger partial charge in [0.1, 0.15) is 5.92 Å². The van der Waals surface area contributed by atoms with Gasteiger partial charge in [-0.15, -0.1) is 10.2 Å². The third kappa shape index (κ3) is 2.87. The molecule has 1 heterocycles. The summed E-state index contributed by atoms with van der Waals surface area (Å²) in [6, 6.07) is 7.25. The van der Waals surface area contributed by atoms with E-state index in [-0.39, 0.29) is 5.89 Å². The van der Waals surface area contributed by atoms with Crippen LogP contribution in [0.15, 0.2) is 28.7 Å². The van der Waals surface area contributed by atoms with Crippen molar-refractivity contribution in [2.75, 3.05) is 0 Å². The molecule has 1 atom stereocenters. The second-order valence-electron chi connectivity index (χ2n) is 3.90. The summed E-state index contributed by atoms with van der Waals surface area (Å²) in [6.45, 7) is 1.50. The number of carboxylic acid groups (broad SMARTS) is 1. The number of benzene rings is 1. The van der Waals surface area contributed by atoms with Crippen LogP contribution in [0.4, 0.5) is 0 Å². The minimum absolute atomic E-state index is 0.117. The van der Waals surface area contributed by atoms with Gasteiger partial charge in [0.25, 0.3) is 0 Å². The Morgan fingerprint density at radius 3 is 2.67 bits per heavy atom. The fourth-order valence-electron chi connectivity index (χ4n) is 1.40. The average Bonchev–Trinajstić information content (AvgIpc) is 2.79. The van der Waals surface area contributed by atoms with E-state index in [4.69, 9.17) is 21.1 Å². The van der Waals surface area contributed by atoms with Crippen molar-refractivity contribution in [3.8, 4) is 0 Å². The molecule has 0 saturated carbocycles. The number of halogens is 1. The van der Waals surface area contributed by atoms with E-state index in [1.165, 1.54) is 6.92 Å². The van der Waals surface area contributed by atoms with Gasteiger partial charge in [-0.2, -0.15) is 0 Å². The predicted molar refractivity (Wildman–Crippen MR) is 64.6 cm³/mol. The van der Waals surface area contributed by atoms with Crippen LogP contribution in [-0.2, 0) is 11.2 Å². The van der Waals surface area contributed by atoms with E-state index in [9.17, 15) is 4.79 Å². The Hall–Kier alpha value is -1.88. The van der Waals surface area contributed by atoms with Crippen molar-refractivity contribution in [3.63, 3.8) is 0 Å². The van der Waals surface area contributed by atoms with Gasteiger partial charge in [0.2, 0.25) is 11.8 Å². The smallest absolute Gasteiger partial charge is 0.315 e. The van der Waals surface area contributed by atoms with E-state index < -0.39 is 11.9 Å². The number of aliphatic carboxylic acids is 1. The van der Waals surface area contributed by atoms with E-state index in [0.717, 1.165) is 5.56 Å². The predicted octanol–water partition coefficient (Wildman–Crippen LogP) is 2.50. The van der Waals surface area contributed by atoms with Gasteiger partial charge >= 0.3 is 5.97 Å². The summed E-state index contributed by atoms with van der Waals surface area (Å²) >= 11 is 5.78. The van der Waals surface area contributed by atoms with Gasteiger partial charge in [-0.25, -0.2) is 0 Å². The maximum atomic E-state index is 10.8. The minimum atomic E-state index is -0.989. The Kier molecular flexibility index (Phi) is 3.62. The summed E-state index contributed by atoms with van der Waals surface area (Å²) in [5.74, 6) is -1.28. The van der Waals surface area contributed by atoms with Gasteiger partial charge in [-0.05, 0) is 24.6 Å². The molecular weight excluding hydrogens is 256 g/mol. The zero-order chi connectivity index (χ0) is 13.1. The first-order valence-electron chi connectivity index (χ1n) is 5.36. The Morgan fingerprint density at radius 2 is 2.06 bits per heavy atom. The molecule has 0 radical (unpaired) electrons. The number of carbonyl (C=O) groups is 1. The molecule has 0 aliphatic heterocycles. The molecule has 2 aromatic rings. The first-order valence-corrected chi connectivity index (χ1v) is 5.73. The van der Waals surface area contributed by atoms with Crippen LogP contribution in [0.3, 0.4) is 0 Å². The van der Waals surface area contributed by atoms with E-state index in [1.54, 1.807) is 12.1 Å². The quantitative estimate of drug-likeness (QED) is 0.920. The molecule has 1 aromatic carbocycles. The molecule has 0 fully saturated rings. The lowest BCUT2D eigenvalue weighted by molar-refractivity contribution is -0.138. The summed E-state index contributed by atoms with van der Waals surface area (Å²) in [5, 5.41) is 17.0. The second kappa shape index (κ2) is 5.18. The van der Waals surface area contributed by atoms with Crippen LogP contribution in [0.1, 0.15) is 30.2 Å². The lowest BCUT2D eigenvalue weighted by atomic mass is 10.1. The van der Waals surface area contributed by atoms with E-state index in [2.05, 4.69) is 10.2 Å². The molecule has 5 nitrogen and oxygen atoms in total. The van der Waals surface area contributed by atoms with Crippen LogP contribution >= 0.6 is 11.6 Å². The Balaban J connectivity index is 2.11. The topological polar surface area (TPSA) is 76.2 Å². The van der Waals surface area contributed by atoms with Gasteiger partial charge in [0.15, 0.2) is 0 Å². The minimum Gasteiger partial charge on any atom is -0.481 e. The molecule has 0 amide bonds. The maximum absolute atomic E-state index is 10.8. The number of hydrogen-bond donors (Lipinski definition) is 1. The van der Waals surface area contributed by atoms with E-state index in [1.807, 2.05) is 12.1 Å². The lowest BCUT2D eigenvalue weighted by Gasteiger charge is -1.99. The summed E-state index contributed by atoms with van der Waals surface area (Å²) in [7, 11) is 0. The van der Waals surface area contributed by atoms with Crippen molar-refractivity contribution in [2.45, 2.75) is 19.3 Å². The molecule has 1 N–H and O–H groups in total. The highest BCUT2D eigenvalue weighted by Gasteiger charge is 2.20. The zero-order valence-corrected chi connectivity index (χ0v) is 10.4. The van der Waals surface area contributed by atoms with Crippen LogP contribution in [0.5, 0.6) is 0 Å². The van der Waals surface area contributed by atoms with Gasteiger partial charge in [-0.1, -0.05) is 23.7 Å². The number of aromatic nitrogens is 2. The standard InChI is InChI=1S/C12H11ClN2O3/c1-7(12(16)17)11-15-14-10(18-11)6-8-2-4-9(13)5-3-8/h2-5,7H,6H2,1H3,(H,16,17). The van der Waals surface area contributed by atoms with Crippen LogP contribution in [0.2, 0.25) is 5.02 Å². The molecule has 1 unspecified atom stereocenters. The molecule has 1 aromatic heterocycles. The molecule has 0 aliphatic rings. The molecule has 94 valence electrons. The Bertz CT molecular complexity index is 551. The van der Waals surface area contributed by atoms with Crippen molar-refractivity contribution in [3.05, 3.63) is 46.6 Å². The SMILES string of the molecule is CC(C(=O)O)c1nnc(Cc2ccc(Cl)cc2)o1. The fraction of sp³-hybridized carbons (Fsp3) is 0.250. The Morgan fingerprint density at radius 1 is 1.39 bits per heavy atom. The van der Waals surface area contributed by atoms with E-state index >= 15 is 0 Å². The highest BCUT2D eigenvalue weighted by Crippen LogP contribution is 2.17. The third-order valence-electron chi connectivity index (χ3n) is 2.49. The highest BCUT2D eigenvalue weighted by atomic mass is 35.5. The van der Waals surface area contributed by atoms with Crippen molar-refractivity contribution in [2.24, 2.45) is 0 Å². The number of nitrogens with zero attached hydrogens (tertiary/aromatic N) is 2. The van der Waals surface area contributed by atoms with Crippen LogP contribution in [0.25, 0.3) is 0 Å². The first kappa shape index (κ1) is 12.6. The van der Waals surface area contributed by atoms with Crippen LogP contribution < -0.4 is 0 Å². The molecule has 18 heavy (non-hydrogen) atoms. The summed E-state index contributed by atoms with van der Waals surface area (Å²) in [6.07, 6.45) is 0.455. The normalized spacial score (nSPS) is 12.3. The third-order valence-corrected chi connectivity index (χ3v) is 2.74. The molecule has 0 saturated heterocycles. The number of carboxylic acids is 1. The van der Waals surface area contributed by atoms with Crippen LogP contribution in [0, 0.1) is 0 Å². The fourth-order valence-corrected chi connectivity index (χ4v) is 1.52. The van der Waals surface area contributed by atoms with Crippen molar-refractivity contribution < 1.29 is 14.3 Å². The summed E-state index contributed by atoms with van der Waals surface area (Å²) < 4.78 is 5.30. The molecular formula is C12H11ClN2O3. The lowest BCUT2D eigenvalue weighted by Crippen LogP contribution is -2.07. The van der Waals surface area contributed by atoms with Gasteiger partial charge in [-0.3, -0.25) is 4.79 Å². The van der Waals surface area contributed by atoms with Gasteiger partial charge in [0, 0.05) is 5.02 Å². The summed E-state index contributed by atoms with van der Waals surface area (Å²) in [4.78, 5) is 10.8.